The third kappa shape index (κ3) is 5.48. The third-order valence-electron chi connectivity index (χ3n) is 3.38. The van der Waals surface area contributed by atoms with E-state index in [0.717, 1.165) is 5.56 Å². The molecule has 0 heterocycles. The van der Waals surface area contributed by atoms with Crippen molar-refractivity contribution in [2.75, 3.05) is 5.32 Å². The predicted octanol–water partition coefficient (Wildman–Crippen LogP) is 5.16. The van der Waals surface area contributed by atoms with Crippen molar-refractivity contribution < 1.29 is 0 Å². The second-order valence-electron chi connectivity index (χ2n) is 6.23. The summed E-state index contributed by atoms with van der Waals surface area (Å²) in [6.45, 7) is 6.51. The van der Waals surface area contributed by atoms with E-state index in [1.165, 1.54) is 5.56 Å². The molecule has 0 atom stereocenters. The van der Waals surface area contributed by atoms with Crippen LogP contribution in [0.3, 0.4) is 0 Å². The van der Waals surface area contributed by atoms with Gasteiger partial charge in [0.2, 0.25) is 0 Å². The second kappa shape index (κ2) is 8.47. The van der Waals surface area contributed by atoms with E-state index in [1.807, 2.05) is 30.3 Å². The molecular formula is C18H21Cl2N3S. The van der Waals surface area contributed by atoms with Gasteiger partial charge in [-0.15, -0.1) is 12.4 Å². The van der Waals surface area contributed by atoms with E-state index in [0.29, 0.717) is 16.5 Å². The van der Waals surface area contributed by atoms with E-state index in [-0.39, 0.29) is 22.9 Å². The molecule has 0 aliphatic carbocycles. The lowest BCUT2D eigenvalue weighted by Gasteiger charge is -2.19. The lowest BCUT2D eigenvalue weighted by atomic mass is 9.87. The molecule has 2 aromatic carbocycles. The van der Waals surface area contributed by atoms with E-state index in [2.05, 4.69) is 43.2 Å². The van der Waals surface area contributed by atoms with Crippen molar-refractivity contribution in [3.63, 3.8) is 0 Å². The zero-order chi connectivity index (χ0) is 17.0. The molecule has 3 N–H and O–H groups in total. The number of hydrogen-bond donors (Lipinski definition) is 2. The normalized spacial score (nSPS) is 11.6. The molecule has 0 aliphatic rings. The Balaban J connectivity index is 0.00000288. The molecule has 3 nitrogen and oxygen atoms in total. The summed E-state index contributed by atoms with van der Waals surface area (Å²) in [7, 11) is 0. The number of nitrogens with zero attached hydrogens (tertiary/aromatic N) is 1. The molecule has 2 rings (SSSR count). The van der Waals surface area contributed by atoms with Gasteiger partial charge in [-0.1, -0.05) is 68.8 Å². The van der Waals surface area contributed by atoms with Gasteiger partial charge in [-0.25, -0.2) is 4.99 Å². The van der Waals surface area contributed by atoms with Gasteiger partial charge >= 0.3 is 0 Å². The number of hydrogen-bond acceptors (Lipinski definition) is 1. The highest BCUT2D eigenvalue weighted by Gasteiger charge is 2.13. The first-order valence-corrected chi connectivity index (χ1v) is 8.06. The molecule has 0 saturated heterocycles. The zero-order valence-corrected chi connectivity index (χ0v) is 16.2. The highest BCUT2D eigenvalue weighted by atomic mass is 35.5. The van der Waals surface area contributed by atoms with Gasteiger partial charge in [0.1, 0.15) is 5.84 Å². The first-order chi connectivity index (χ1) is 10.8. The number of halogens is 2. The molecule has 0 radical (unpaired) electrons. The maximum atomic E-state index is 6.08. The quantitative estimate of drug-likeness (QED) is 0.428. The molecule has 24 heavy (non-hydrogen) atoms. The monoisotopic (exact) mass is 381 g/mol. The minimum absolute atomic E-state index is 0. The fraction of sp³-hybridized carbons (Fsp3) is 0.222. The number of amidine groups is 1. The van der Waals surface area contributed by atoms with Gasteiger partial charge in [0.15, 0.2) is 5.11 Å². The lowest BCUT2D eigenvalue weighted by molar-refractivity contribution is 0.590. The van der Waals surface area contributed by atoms with Crippen molar-refractivity contribution in [1.29, 1.82) is 0 Å². The summed E-state index contributed by atoms with van der Waals surface area (Å²) >= 11 is 11.3. The third-order valence-corrected chi connectivity index (χ3v) is 3.91. The first-order valence-electron chi connectivity index (χ1n) is 7.28. The smallest absolute Gasteiger partial charge is 0.199 e. The number of anilines is 1. The molecule has 0 saturated carbocycles. The van der Waals surface area contributed by atoms with E-state index >= 15 is 0 Å². The Morgan fingerprint density at radius 2 is 1.67 bits per heavy atom. The second-order valence-corrected chi connectivity index (χ2v) is 7.03. The van der Waals surface area contributed by atoms with E-state index in [4.69, 9.17) is 29.6 Å². The number of benzene rings is 2. The number of rotatable bonds is 2. The van der Waals surface area contributed by atoms with Crippen molar-refractivity contribution in [1.82, 2.24) is 0 Å². The lowest BCUT2D eigenvalue weighted by Crippen LogP contribution is -2.19. The highest BCUT2D eigenvalue weighted by molar-refractivity contribution is 7.80. The maximum Gasteiger partial charge on any atom is 0.199 e. The number of nitrogens with one attached hydrogen (secondary N) is 1. The standard InChI is InChI=1S/C18H20ClN3S.ClH/c1-18(2,3)13-10-8-12(9-11-13)16(20)22-17(23)21-15-7-5-4-6-14(15)19;/h4-11H,1-3H3,(H3,20,21,22,23);1H. The van der Waals surface area contributed by atoms with Crippen molar-refractivity contribution >= 4 is 52.9 Å². The number of nitrogens with two attached hydrogens (primary N) is 1. The summed E-state index contributed by atoms with van der Waals surface area (Å²) in [6, 6.07) is 15.4. The van der Waals surface area contributed by atoms with Gasteiger partial charge in [0.05, 0.1) is 10.7 Å². The van der Waals surface area contributed by atoms with Gasteiger partial charge < -0.3 is 11.1 Å². The van der Waals surface area contributed by atoms with Crippen LogP contribution in [0.25, 0.3) is 0 Å². The molecule has 0 spiro atoms. The predicted molar refractivity (Wildman–Crippen MR) is 111 cm³/mol. The molecular weight excluding hydrogens is 361 g/mol. The van der Waals surface area contributed by atoms with E-state index in [1.54, 1.807) is 6.07 Å². The molecule has 0 amide bonds. The molecule has 0 aromatic heterocycles. The van der Waals surface area contributed by atoms with Crippen molar-refractivity contribution in [3.8, 4) is 0 Å². The van der Waals surface area contributed by atoms with Crippen LogP contribution in [0.1, 0.15) is 31.9 Å². The van der Waals surface area contributed by atoms with Crippen LogP contribution in [0.15, 0.2) is 53.5 Å². The number of para-hydroxylation sites is 1. The fourth-order valence-electron chi connectivity index (χ4n) is 2.02. The van der Waals surface area contributed by atoms with Crippen molar-refractivity contribution in [2.24, 2.45) is 10.7 Å². The molecule has 0 aliphatic heterocycles. The van der Waals surface area contributed by atoms with Crippen LogP contribution < -0.4 is 11.1 Å². The van der Waals surface area contributed by atoms with E-state index in [9.17, 15) is 0 Å². The molecule has 0 bridgehead atoms. The summed E-state index contributed by atoms with van der Waals surface area (Å²) in [5.74, 6) is 0.370. The minimum atomic E-state index is 0. The van der Waals surface area contributed by atoms with Crippen molar-refractivity contribution in [3.05, 3.63) is 64.7 Å². The van der Waals surface area contributed by atoms with Crippen LogP contribution >= 0.6 is 36.2 Å². The summed E-state index contributed by atoms with van der Waals surface area (Å²) in [5.41, 5.74) is 8.92. The number of aliphatic imine (C=N–C) groups is 1. The topological polar surface area (TPSA) is 50.4 Å². The van der Waals surface area contributed by atoms with Gasteiger partial charge in [-0.3, -0.25) is 0 Å². The van der Waals surface area contributed by atoms with Crippen LogP contribution in [0.4, 0.5) is 5.69 Å². The largest absolute Gasteiger partial charge is 0.383 e. The Hall–Kier alpha value is -1.62. The highest BCUT2D eigenvalue weighted by Crippen LogP contribution is 2.22. The Morgan fingerprint density at radius 3 is 2.21 bits per heavy atom. The zero-order valence-electron chi connectivity index (χ0n) is 13.8. The molecule has 0 fully saturated rings. The van der Waals surface area contributed by atoms with Crippen LogP contribution in [0, 0.1) is 0 Å². The van der Waals surface area contributed by atoms with Gasteiger partial charge in [-0.05, 0) is 35.3 Å². The molecule has 0 unspecified atom stereocenters. The summed E-state index contributed by atoms with van der Waals surface area (Å²) in [4.78, 5) is 4.23. The Morgan fingerprint density at radius 1 is 1.08 bits per heavy atom. The van der Waals surface area contributed by atoms with Gasteiger partial charge in [-0.2, -0.15) is 0 Å². The van der Waals surface area contributed by atoms with Crippen molar-refractivity contribution in [2.45, 2.75) is 26.2 Å². The fourth-order valence-corrected chi connectivity index (χ4v) is 2.41. The van der Waals surface area contributed by atoms with Gasteiger partial charge in [0, 0.05) is 5.56 Å². The SMILES string of the molecule is CC(C)(C)c1ccc(/C(N)=N/C(=S)Nc2ccccc2Cl)cc1.Cl. The Kier molecular flexibility index (Phi) is 7.21. The average molecular weight is 382 g/mol. The Bertz CT molecular complexity index is 735. The average Bonchev–Trinajstić information content (AvgIpc) is 2.49. The van der Waals surface area contributed by atoms with Crippen LogP contribution in [-0.2, 0) is 5.41 Å². The van der Waals surface area contributed by atoms with Gasteiger partial charge in [0.25, 0.3) is 0 Å². The van der Waals surface area contributed by atoms with Crippen LogP contribution in [0.5, 0.6) is 0 Å². The maximum absolute atomic E-state index is 6.08. The molecule has 6 heteroatoms. The van der Waals surface area contributed by atoms with E-state index < -0.39 is 0 Å². The van der Waals surface area contributed by atoms with Crippen LogP contribution in [-0.4, -0.2) is 10.9 Å². The molecule has 128 valence electrons. The number of thiocarbonyl (C=S) groups is 1. The first kappa shape index (κ1) is 20.4. The Labute approximate surface area is 159 Å². The summed E-state index contributed by atoms with van der Waals surface area (Å²) in [5, 5.41) is 3.83. The van der Waals surface area contributed by atoms with Crippen LogP contribution in [0.2, 0.25) is 5.02 Å². The minimum Gasteiger partial charge on any atom is -0.383 e. The summed E-state index contributed by atoms with van der Waals surface area (Å²) < 4.78 is 0. The molecule has 2 aromatic rings. The summed E-state index contributed by atoms with van der Waals surface area (Å²) in [6.07, 6.45) is 0.